The summed E-state index contributed by atoms with van der Waals surface area (Å²) in [7, 11) is 0. The lowest BCUT2D eigenvalue weighted by Gasteiger charge is -2.25. The van der Waals surface area contributed by atoms with Gasteiger partial charge in [-0.25, -0.2) is 4.79 Å². The molecule has 32 heavy (non-hydrogen) atoms. The van der Waals surface area contributed by atoms with E-state index in [4.69, 9.17) is 5.73 Å². The number of carbonyl (C=O) groups is 4. The number of unbranched alkanes of at least 4 members (excludes halogenated alkanes) is 10. The Morgan fingerprint density at radius 2 is 1.31 bits per heavy atom. The van der Waals surface area contributed by atoms with E-state index >= 15 is 0 Å². The zero-order valence-corrected chi connectivity index (χ0v) is 20.3. The SMILES string of the molecule is CCCCCCCCCCCCCC(=O)N[C@H](C(=O)N[C@@H](CC(N)=O)C(=O)O)[C@@H](C)CC. The fourth-order valence-electron chi connectivity index (χ4n) is 3.56. The van der Waals surface area contributed by atoms with Crippen LogP contribution in [0.25, 0.3) is 0 Å². The van der Waals surface area contributed by atoms with Crippen molar-refractivity contribution >= 4 is 23.7 Å². The van der Waals surface area contributed by atoms with Gasteiger partial charge in [-0.1, -0.05) is 91.4 Å². The van der Waals surface area contributed by atoms with Crippen molar-refractivity contribution in [2.75, 3.05) is 0 Å². The second kappa shape index (κ2) is 18.5. The molecule has 0 saturated carbocycles. The van der Waals surface area contributed by atoms with E-state index in [2.05, 4.69) is 17.6 Å². The zero-order valence-electron chi connectivity index (χ0n) is 20.3. The van der Waals surface area contributed by atoms with Gasteiger partial charge in [0, 0.05) is 6.42 Å². The van der Waals surface area contributed by atoms with Gasteiger partial charge in [0.2, 0.25) is 17.7 Å². The number of nitrogens with one attached hydrogen (secondary N) is 2. The normalized spacial score (nSPS) is 13.7. The molecule has 0 rings (SSSR count). The number of carboxylic acids is 1. The Morgan fingerprint density at radius 1 is 0.812 bits per heavy atom. The van der Waals surface area contributed by atoms with Crippen LogP contribution in [0.15, 0.2) is 0 Å². The van der Waals surface area contributed by atoms with Crippen LogP contribution in [-0.2, 0) is 19.2 Å². The van der Waals surface area contributed by atoms with E-state index in [1.165, 1.54) is 51.4 Å². The average molecular weight is 456 g/mol. The summed E-state index contributed by atoms with van der Waals surface area (Å²) in [5, 5.41) is 14.3. The maximum atomic E-state index is 12.6. The monoisotopic (exact) mass is 455 g/mol. The molecule has 0 spiro atoms. The molecule has 3 amide bonds. The Hall–Kier alpha value is -2.12. The summed E-state index contributed by atoms with van der Waals surface area (Å²) in [4.78, 5) is 47.3. The fourth-order valence-corrected chi connectivity index (χ4v) is 3.56. The predicted molar refractivity (Wildman–Crippen MR) is 126 cm³/mol. The van der Waals surface area contributed by atoms with Gasteiger partial charge in [0.1, 0.15) is 12.1 Å². The maximum Gasteiger partial charge on any atom is 0.326 e. The van der Waals surface area contributed by atoms with E-state index in [1.54, 1.807) is 0 Å². The molecule has 0 aliphatic rings. The van der Waals surface area contributed by atoms with Crippen LogP contribution in [-0.4, -0.2) is 40.9 Å². The van der Waals surface area contributed by atoms with Crippen LogP contribution in [0.5, 0.6) is 0 Å². The lowest BCUT2D eigenvalue weighted by atomic mass is 9.97. The Labute approximate surface area is 193 Å². The van der Waals surface area contributed by atoms with E-state index < -0.39 is 36.3 Å². The van der Waals surface area contributed by atoms with Gasteiger partial charge >= 0.3 is 5.97 Å². The Kier molecular flexibility index (Phi) is 17.2. The van der Waals surface area contributed by atoms with Crippen LogP contribution in [0, 0.1) is 5.92 Å². The molecule has 0 bridgehead atoms. The minimum Gasteiger partial charge on any atom is -0.480 e. The first-order valence-electron chi connectivity index (χ1n) is 12.3. The minimum absolute atomic E-state index is 0.181. The number of amides is 3. The third kappa shape index (κ3) is 14.8. The van der Waals surface area contributed by atoms with Gasteiger partial charge in [0.15, 0.2) is 0 Å². The van der Waals surface area contributed by atoms with E-state index in [0.29, 0.717) is 12.8 Å². The summed E-state index contributed by atoms with van der Waals surface area (Å²) in [5.41, 5.74) is 5.06. The number of aliphatic carboxylic acids is 1. The van der Waals surface area contributed by atoms with Crippen LogP contribution in [0.3, 0.4) is 0 Å². The fraction of sp³-hybridized carbons (Fsp3) is 0.833. The molecule has 0 saturated heterocycles. The van der Waals surface area contributed by atoms with Crippen molar-refractivity contribution in [1.82, 2.24) is 10.6 Å². The second-order valence-electron chi connectivity index (χ2n) is 8.79. The minimum atomic E-state index is -1.41. The lowest BCUT2D eigenvalue weighted by molar-refractivity contribution is -0.144. The molecular weight excluding hydrogens is 410 g/mol. The molecule has 0 heterocycles. The topological polar surface area (TPSA) is 139 Å². The first-order valence-corrected chi connectivity index (χ1v) is 12.3. The molecule has 0 aliphatic carbocycles. The number of carbonyl (C=O) groups excluding carboxylic acids is 3. The number of nitrogens with two attached hydrogens (primary N) is 1. The number of carboxylic acid groups (broad SMARTS) is 1. The van der Waals surface area contributed by atoms with Gasteiger partial charge in [0.25, 0.3) is 0 Å². The van der Waals surface area contributed by atoms with Gasteiger partial charge in [0.05, 0.1) is 6.42 Å². The summed E-state index contributed by atoms with van der Waals surface area (Å²) < 4.78 is 0. The molecule has 0 aromatic rings. The number of rotatable bonds is 20. The maximum absolute atomic E-state index is 12.6. The molecule has 5 N–H and O–H groups in total. The molecule has 0 aromatic heterocycles. The van der Waals surface area contributed by atoms with Crippen molar-refractivity contribution < 1.29 is 24.3 Å². The lowest BCUT2D eigenvalue weighted by Crippen LogP contribution is -2.54. The van der Waals surface area contributed by atoms with Gasteiger partial charge in [-0.15, -0.1) is 0 Å². The Balaban J connectivity index is 4.29. The van der Waals surface area contributed by atoms with Crippen LogP contribution in [0.1, 0.15) is 111 Å². The van der Waals surface area contributed by atoms with Crippen LogP contribution in [0.2, 0.25) is 0 Å². The number of hydrogen-bond acceptors (Lipinski definition) is 4. The first-order chi connectivity index (χ1) is 15.2. The highest BCUT2D eigenvalue weighted by atomic mass is 16.4. The zero-order chi connectivity index (χ0) is 24.4. The van der Waals surface area contributed by atoms with Crippen LogP contribution in [0.4, 0.5) is 0 Å². The third-order valence-corrected chi connectivity index (χ3v) is 5.84. The largest absolute Gasteiger partial charge is 0.480 e. The Bertz CT molecular complexity index is 568. The van der Waals surface area contributed by atoms with Crippen LogP contribution >= 0.6 is 0 Å². The van der Waals surface area contributed by atoms with Crippen molar-refractivity contribution in [1.29, 1.82) is 0 Å². The van der Waals surface area contributed by atoms with Crippen molar-refractivity contribution in [3.05, 3.63) is 0 Å². The molecule has 3 atom stereocenters. The van der Waals surface area contributed by atoms with E-state index in [-0.39, 0.29) is 11.8 Å². The predicted octanol–water partition coefficient (Wildman–Crippen LogP) is 3.66. The van der Waals surface area contributed by atoms with Gasteiger partial charge in [-0.2, -0.15) is 0 Å². The number of hydrogen-bond donors (Lipinski definition) is 4. The third-order valence-electron chi connectivity index (χ3n) is 5.84. The quantitative estimate of drug-likeness (QED) is 0.207. The highest BCUT2D eigenvalue weighted by Gasteiger charge is 2.30. The van der Waals surface area contributed by atoms with Gasteiger partial charge in [-0.05, 0) is 12.3 Å². The summed E-state index contributed by atoms with van der Waals surface area (Å²) in [6.07, 6.45) is 13.6. The van der Waals surface area contributed by atoms with Gasteiger partial charge in [-0.3, -0.25) is 14.4 Å². The smallest absolute Gasteiger partial charge is 0.326 e. The molecule has 0 fully saturated rings. The van der Waals surface area contributed by atoms with Crippen molar-refractivity contribution in [2.24, 2.45) is 11.7 Å². The van der Waals surface area contributed by atoms with Crippen molar-refractivity contribution in [2.45, 2.75) is 123 Å². The highest BCUT2D eigenvalue weighted by Crippen LogP contribution is 2.13. The molecule has 0 radical (unpaired) electrons. The van der Waals surface area contributed by atoms with E-state index in [1.807, 2.05) is 13.8 Å². The molecule has 0 aromatic carbocycles. The Morgan fingerprint density at radius 3 is 1.75 bits per heavy atom. The summed E-state index contributed by atoms with van der Waals surface area (Å²) in [5.74, 6) is -3.17. The van der Waals surface area contributed by atoms with Crippen LogP contribution < -0.4 is 16.4 Å². The summed E-state index contributed by atoms with van der Waals surface area (Å²) in [6.45, 7) is 5.93. The standard InChI is InChI=1S/C24H45N3O5/c1-4-6-7-8-9-10-11-12-13-14-15-16-21(29)27-22(18(3)5-2)23(30)26-19(24(31)32)17-20(25)28/h18-19,22H,4-17H2,1-3H3,(H2,25,28)(H,26,30)(H,27,29)(H,31,32)/t18-,19-,22-/m0/s1. The van der Waals surface area contributed by atoms with Crippen molar-refractivity contribution in [3.63, 3.8) is 0 Å². The first kappa shape index (κ1) is 29.9. The average Bonchev–Trinajstić information content (AvgIpc) is 2.74. The molecular formula is C24H45N3O5. The van der Waals surface area contributed by atoms with E-state index in [0.717, 1.165) is 19.3 Å². The molecule has 8 heteroatoms. The van der Waals surface area contributed by atoms with E-state index in [9.17, 15) is 24.3 Å². The highest BCUT2D eigenvalue weighted by molar-refractivity contribution is 5.92. The molecule has 0 unspecified atom stereocenters. The second-order valence-corrected chi connectivity index (χ2v) is 8.79. The molecule has 186 valence electrons. The summed E-state index contributed by atoms with van der Waals surface area (Å²) in [6, 6.07) is -2.26. The number of primary amides is 1. The molecule has 0 aliphatic heterocycles. The van der Waals surface area contributed by atoms with Crippen molar-refractivity contribution in [3.8, 4) is 0 Å². The van der Waals surface area contributed by atoms with Gasteiger partial charge < -0.3 is 21.5 Å². The molecule has 8 nitrogen and oxygen atoms in total. The summed E-state index contributed by atoms with van der Waals surface area (Å²) >= 11 is 0.